The van der Waals surface area contributed by atoms with Gasteiger partial charge in [-0.25, -0.2) is 0 Å². The quantitative estimate of drug-likeness (QED) is 0.802. The standard InChI is InChI=1S/C20H19N5/c1-14-23-24-20(18-4-2-3-15(9-18)11-21)25(14)13-16-5-6-17-7-8-22-12-19(17)10-16/h2-6,9-10,22H,7-8,12-13H2,1H3. The molecular formula is C20H19N5. The monoisotopic (exact) mass is 329 g/mol. The molecule has 1 aliphatic rings. The Bertz CT molecular complexity index is 964. The number of nitriles is 1. The van der Waals surface area contributed by atoms with Crippen molar-refractivity contribution in [1.29, 1.82) is 5.26 Å². The molecule has 0 radical (unpaired) electrons. The second-order valence-electron chi connectivity index (χ2n) is 6.38. The Hall–Kier alpha value is -2.97. The van der Waals surface area contributed by atoms with Crippen LogP contribution >= 0.6 is 0 Å². The highest BCUT2D eigenvalue weighted by atomic mass is 15.3. The number of hydrogen-bond acceptors (Lipinski definition) is 4. The van der Waals surface area contributed by atoms with E-state index in [2.05, 4.69) is 44.3 Å². The molecule has 0 fully saturated rings. The summed E-state index contributed by atoms with van der Waals surface area (Å²) in [6, 6.07) is 16.4. The Labute approximate surface area is 146 Å². The maximum absolute atomic E-state index is 9.13. The molecule has 5 heteroatoms. The first-order chi connectivity index (χ1) is 12.2. The molecule has 0 bridgehead atoms. The van der Waals surface area contributed by atoms with E-state index in [-0.39, 0.29) is 0 Å². The van der Waals surface area contributed by atoms with Crippen molar-refractivity contribution in [3.05, 3.63) is 70.5 Å². The van der Waals surface area contributed by atoms with Gasteiger partial charge in [-0.05, 0) is 48.7 Å². The third-order valence-electron chi connectivity index (χ3n) is 4.68. The number of fused-ring (bicyclic) bond motifs is 1. The van der Waals surface area contributed by atoms with Crippen LogP contribution in [0, 0.1) is 18.3 Å². The van der Waals surface area contributed by atoms with Crippen molar-refractivity contribution < 1.29 is 0 Å². The highest BCUT2D eigenvalue weighted by molar-refractivity contribution is 5.58. The maximum atomic E-state index is 9.13. The summed E-state index contributed by atoms with van der Waals surface area (Å²) >= 11 is 0. The van der Waals surface area contributed by atoms with E-state index in [1.807, 2.05) is 25.1 Å². The van der Waals surface area contributed by atoms with E-state index in [1.54, 1.807) is 6.07 Å². The van der Waals surface area contributed by atoms with Gasteiger partial charge in [-0.2, -0.15) is 5.26 Å². The zero-order valence-electron chi connectivity index (χ0n) is 14.2. The van der Waals surface area contributed by atoms with Crippen LogP contribution in [0.2, 0.25) is 0 Å². The van der Waals surface area contributed by atoms with E-state index in [0.717, 1.165) is 43.3 Å². The first kappa shape index (κ1) is 15.6. The van der Waals surface area contributed by atoms with Crippen molar-refractivity contribution in [1.82, 2.24) is 20.1 Å². The molecule has 1 aliphatic heterocycles. The number of rotatable bonds is 3. The second-order valence-corrected chi connectivity index (χ2v) is 6.38. The summed E-state index contributed by atoms with van der Waals surface area (Å²) in [6.07, 6.45) is 1.09. The lowest BCUT2D eigenvalue weighted by Crippen LogP contribution is -2.23. The molecule has 1 N–H and O–H groups in total. The van der Waals surface area contributed by atoms with Crippen LogP contribution in [-0.2, 0) is 19.5 Å². The van der Waals surface area contributed by atoms with Crippen molar-refractivity contribution in [2.75, 3.05) is 6.54 Å². The number of benzene rings is 2. The molecule has 0 spiro atoms. The van der Waals surface area contributed by atoms with Crippen LogP contribution in [0.25, 0.3) is 11.4 Å². The van der Waals surface area contributed by atoms with Crippen LogP contribution in [0.1, 0.15) is 28.1 Å². The zero-order valence-corrected chi connectivity index (χ0v) is 14.2. The van der Waals surface area contributed by atoms with Crippen LogP contribution in [0.3, 0.4) is 0 Å². The number of nitrogens with zero attached hydrogens (tertiary/aromatic N) is 4. The van der Waals surface area contributed by atoms with Gasteiger partial charge in [-0.3, -0.25) is 0 Å². The van der Waals surface area contributed by atoms with E-state index >= 15 is 0 Å². The summed E-state index contributed by atoms with van der Waals surface area (Å²) in [6.45, 7) is 4.67. The van der Waals surface area contributed by atoms with Gasteiger partial charge in [-0.15, -0.1) is 10.2 Å². The molecule has 0 aliphatic carbocycles. The van der Waals surface area contributed by atoms with Crippen LogP contribution < -0.4 is 5.32 Å². The lowest BCUT2D eigenvalue weighted by Gasteiger charge is -2.18. The van der Waals surface area contributed by atoms with Gasteiger partial charge in [0.15, 0.2) is 5.82 Å². The first-order valence-electron chi connectivity index (χ1n) is 8.46. The minimum Gasteiger partial charge on any atom is -0.312 e. The van der Waals surface area contributed by atoms with Crippen LogP contribution in [-0.4, -0.2) is 21.3 Å². The molecule has 0 unspecified atom stereocenters. The lowest BCUT2D eigenvalue weighted by atomic mass is 9.98. The fraction of sp³-hybridized carbons (Fsp3) is 0.250. The molecular weight excluding hydrogens is 310 g/mol. The Balaban J connectivity index is 1.69. The van der Waals surface area contributed by atoms with E-state index in [4.69, 9.17) is 5.26 Å². The summed E-state index contributed by atoms with van der Waals surface area (Å²) in [7, 11) is 0. The largest absolute Gasteiger partial charge is 0.312 e. The smallest absolute Gasteiger partial charge is 0.164 e. The number of nitrogens with one attached hydrogen (secondary N) is 1. The van der Waals surface area contributed by atoms with Gasteiger partial charge < -0.3 is 9.88 Å². The van der Waals surface area contributed by atoms with Gasteiger partial charge in [-0.1, -0.05) is 30.3 Å². The zero-order chi connectivity index (χ0) is 17.2. The molecule has 0 saturated carbocycles. The summed E-state index contributed by atoms with van der Waals surface area (Å²) in [5.41, 5.74) is 5.60. The average molecular weight is 329 g/mol. The minimum absolute atomic E-state index is 0.629. The maximum Gasteiger partial charge on any atom is 0.164 e. The molecule has 1 aromatic heterocycles. The van der Waals surface area contributed by atoms with Crippen molar-refractivity contribution >= 4 is 0 Å². The summed E-state index contributed by atoms with van der Waals surface area (Å²) < 4.78 is 2.11. The van der Waals surface area contributed by atoms with Gasteiger partial charge in [0.2, 0.25) is 0 Å². The van der Waals surface area contributed by atoms with Crippen molar-refractivity contribution in [2.24, 2.45) is 0 Å². The molecule has 25 heavy (non-hydrogen) atoms. The third-order valence-corrected chi connectivity index (χ3v) is 4.68. The first-order valence-corrected chi connectivity index (χ1v) is 8.46. The summed E-state index contributed by atoms with van der Waals surface area (Å²) in [5.74, 6) is 1.67. The molecule has 124 valence electrons. The summed E-state index contributed by atoms with van der Waals surface area (Å²) in [5, 5.41) is 21.1. The van der Waals surface area contributed by atoms with E-state index in [1.165, 1.54) is 16.7 Å². The van der Waals surface area contributed by atoms with Crippen LogP contribution in [0.15, 0.2) is 42.5 Å². The predicted molar refractivity (Wildman–Crippen MR) is 95.9 cm³/mol. The molecule has 0 atom stereocenters. The fourth-order valence-corrected chi connectivity index (χ4v) is 3.33. The van der Waals surface area contributed by atoms with E-state index < -0.39 is 0 Å². The highest BCUT2D eigenvalue weighted by Gasteiger charge is 2.14. The Morgan fingerprint density at radius 2 is 2.08 bits per heavy atom. The Morgan fingerprint density at radius 1 is 1.16 bits per heavy atom. The third kappa shape index (κ3) is 3.04. The normalized spacial score (nSPS) is 13.3. The topological polar surface area (TPSA) is 66.5 Å². The van der Waals surface area contributed by atoms with Gasteiger partial charge in [0.1, 0.15) is 5.82 Å². The van der Waals surface area contributed by atoms with Crippen LogP contribution in [0.4, 0.5) is 0 Å². The van der Waals surface area contributed by atoms with Gasteiger partial charge in [0.25, 0.3) is 0 Å². The van der Waals surface area contributed by atoms with Crippen molar-refractivity contribution in [2.45, 2.75) is 26.4 Å². The van der Waals surface area contributed by atoms with Crippen LogP contribution in [0.5, 0.6) is 0 Å². The number of hydrogen-bond donors (Lipinski definition) is 1. The minimum atomic E-state index is 0.629. The van der Waals surface area contributed by atoms with E-state index in [0.29, 0.717) is 5.56 Å². The molecule has 3 aromatic rings. The van der Waals surface area contributed by atoms with Crippen molar-refractivity contribution in [3.8, 4) is 17.5 Å². The second kappa shape index (κ2) is 6.50. The predicted octanol–water partition coefficient (Wildman–Crippen LogP) is 2.82. The molecule has 5 nitrogen and oxygen atoms in total. The lowest BCUT2D eigenvalue weighted by molar-refractivity contribution is 0.641. The SMILES string of the molecule is Cc1nnc(-c2cccc(C#N)c2)n1Cc1ccc2c(c1)CNCC2. The van der Waals surface area contributed by atoms with Crippen molar-refractivity contribution in [3.63, 3.8) is 0 Å². The molecule has 2 aromatic carbocycles. The molecule has 4 rings (SSSR count). The van der Waals surface area contributed by atoms with E-state index in [9.17, 15) is 0 Å². The molecule has 0 saturated heterocycles. The Morgan fingerprint density at radius 3 is 2.96 bits per heavy atom. The van der Waals surface area contributed by atoms with Gasteiger partial charge in [0, 0.05) is 12.1 Å². The summed E-state index contributed by atoms with van der Waals surface area (Å²) in [4.78, 5) is 0. The van der Waals surface area contributed by atoms with Gasteiger partial charge >= 0.3 is 0 Å². The molecule has 0 amide bonds. The number of aryl methyl sites for hydroxylation is 1. The fourth-order valence-electron chi connectivity index (χ4n) is 3.33. The highest BCUT2D eigenvalue weighted by Crippen LogP contribution is 2.22. The Kier molecular flexibility index (Phi) is 4.04. The molecule has 2 heterocycles. The van der Waals surface area contributed by atoms with Gasteiger partial charge in [0.05, 0.1) is 18.2 Å². The number of aromatic nitrogens is 3. The average Bonchev–Trinajstić information content (AvgIpc) is 3.02.